The van der Waals surface area contributed by atoms with Crippen LogP contribution in [0.3, 0.4) is 0 Å². The first-order chi connectivity index (χ1) is 6.15. The van der Waals surface area contributed by atoms with Crippen LogP contribution in [0.1, 0.15) is 50.3 Å². The molecule has 1 rings (SSSR count). The Morgan fingerprint density at radius 3 is 1.92 bits per heavy atom. The van der Waals surface area contributed by atoms with Gasteiger partial charge in [0.15, 0.2) is 0 Å². The highest BCUT2D eigenvalue weighted by Gasteiger charge is 2.04. The summed E-state index contributed by atoms with van der Waals surface area (Å²) in [6.45, 7) is 6.33. The van der Waals surface area contributed by atoms with Crippen molar-refractivity contribution in [2.75, 3.05) is 0 Å². The summed E-state index contributed by atoms with van der Waals surface area (Å²) in [5, 5.41) is 9.56. The first kappa shape index (κ1) is 10.3. The number of aliphatic hydroxyl groups is 1. The van der Waals surface area contributed by atoms with Crippen LogP contribution >= 0.6 is 0 Å². The third-order valence-corrected chi connectivity index (χ3v) is 2.37. The van der Waals surface area contributed by atoms with E-state index in [1.165, 1.54) is 5.56 Å². The number of benzene rings is 1. The van der Waals surface area contributed by atoms with Gasteiger partial charge in [-0.1, -0.05) is 45.0 Å². The second kappa shape index (κ2) is 4.43. The lowest BCUT2D eigenvalue weighted by Crippen LogP contribution is -1.95. The predicted molar refractivity (Wildman–Crippen MR) is 55.8 cm³/mol. The molecule has 13 heavy (non-hydrogen) atoms. The van der Waals surface area contributed by atoms with Crippen LogP contribution in [-0.2, 0) is 0 Å². The van der Waals surface area contributed by atoms with E-state index in [0.717, 1.165) is 12.0 Å². The third-order valence-electron chi connectivity index (χ3n) is 2.37. The Kier molecular flexibility index (Phi) is 3.49. The molecule has 0 unspecified atom stereocenters. The predicted octanol–water partition coefficient (Wildman–Crippen LogP) is 3.25. The van der Waals surface area contributed by atoms with Crippen molar-refractivity contribution >= 4 is 0 Å². The van der Waals surface area contributed by atoms with Gasteiger partial charge in [-0.25, -0.2) is 0 Å². The van der Waals surface area contributed by atoms with Crippen molar-refractivity contribution in [2.24, 2.45) is 0 Å². The first-order valence-corrected chi connectivity index (χ1v) is 4.93. The van der Waals surface area contributed by atoms with E-state index in [9.17, 15) is 5.11 Å². The lowest BCUT2D eigenvalue weighted by atomic mass is 9.99. The molecule has 0 bridgehead atoms. The molecule has 0 amide bonds. The Morgan fingerprint density at radius 2 is 1.54 bits per heavy atom. The minimum Gasteiger partial charge on any atom is -0.388 e. The molecule has 1 heteroatoms. The van der Waals surface area contributed by atoms with E-state index in [0.29, 0.717) is 5.92 Å². The SMILES string of the molecule is CC[C@@H](O)c1ccc(C(C)C)cc1. The topological polar surface area (TPSA) is 20.2 Å². The van der Waals surface area contributed by atoms with Crippen LogP contribution in [0.4, 0.5) is 0 Å². The van der Waals surface area contributed by atoms with Gasteiger partial charge in [-0.2, -0.15) is 0 Å². The molecule has 1 aromatic carbocycles. The van der Waals surface area contributed by atoms with Crippen LogP contribution in [0.5, 0.6) is 0 Å². The van der Waals surface area contributed by atoms with Crippen molar-refractivity contribution < 1.29 is 5.11 Å². The zero-order valence-corrected chi connectivity index (χ0v) is 8.62. The van der Waals surface area contributed by atoms with Gasteiger partial charge in [0.25, 0.3) is 0 Å². The molecule has 0 aliphatic carbocycles. The second-order valence-corrected chi connectivity index (χ2v) is 3.75. The highest BCUT2D eigenvalue weighted by molar-refractivity contribution is 5.25. The summed E-state index contributed by atoms with van der Waals surface area (Å²) >= 11 is 0. The lowest BCUT2D eigenvalue weighted by Gasteiger charge is -2.10. The highest BCUT2D eigenvalue weighted by atomic mass is 16.3. The summed E-state index contributed by atoms with van der Waals surface area (Å²) in [6, 6.07) is 8.23. The molecule has 0 saturated heterocycles. The molecule has 1 N–H and O–H groups in total. The number of hydrogen-bond donors (Lipinski definition) is 1. The van der Waals surface area contributed by atoms with Crippen LogP contribution in [0.15, 0.2) is 24.3 Å². The van der Waals surface area contributed by atoms with Gasteiger partial charge in [0.2, 0.25) is 0 Å². The van der Waals surface area contributed by atoms with Crippen molar-refractivity contribution in [3.05, 3.63) is 35.4 Å². The minimum atomic E-state index is -0.304. The molecule has 72 valence electrons. The normalized spacial score (nSPS) is 13.3. The molecule has 0 aromatic heterocycles. The Morgan fingerprint density at radius 1 is 1.08 bits per heavy atom. The summed E-state index contributed by atoms with van der Waals surface area (Å²) < 4.78 is 0. The van der Waals surface area contributed by atoms with Gasteiger partial charge in [0.1, 0.15) is 0 Å². The lowest BCUT2D eigenvalue weighted by molar-refractivity contribution is 0.173. The fraction of sp³-hybridized carbons (Fsp3) is 0.500. The summed E-state index contributed by atoms with van der Waals surface area (Å²) in [7, 11) is 0. The standard InChI is InChI=1S/C12H18O/c1-4-12(13)11-7-5-10(6-8-11)9(2)3/h5-9,12-13H,4H2,1-3H3/t12-/m1/s1. The number of hydrogen-bond acceptors (Lipinski definition) is 1. The van der Waals surface area contributed by atoms with Gasteiger partial charge in [-0.05, 0) is 23.5 Å². The average molecular weight is 178 g/mol. The Balaban J connectivity index is 2.81. The minimum absolute atomic E-state index is 0.304. The van der Waals surface area contributed by atoms with Gasteiger partial charge in [-0.3, -0.25) is 0 Å². The smallest absolute Gasteiger partial charge is 0.0787 e. The fourth-order valence-electron chi connectivity index (χ4n) is 1.34. The maximum atomic E-state index is 9.56. The molecule has 1 atom stereocenters. The van der Waals surface area contributed by atoms with Crippen molar-refractivity contribution in [3.8, 4) is 0 Å². The van der Waals surface area contributed by atoms with Crippen molar-refractivity contribution in [3.63, 3.8) is 0 Å². The Labute approximate surface area is 80.4 Å². The first-order valence-electron chi connectivity index (χ1n) is 4.93. The van der Waals surface area contributed by atoms with E-state index in [-0.39, 0.29) is 6.10 Å². The maximum Gasteiger partial charge on any atom is 0.0787 e. The van der Waals surface area contributed by atoms with E-state index in [1.807, 2.05) is 19.1 Å². The van der Waals surface area contributed by atoms with Gasteiger partial charge < -0.3 is 5.11 Å². The Hall–Kier alpha value is -0.820. The van der Waals surface area contributed by atoms with Crippen molar-refractivity contribution in [1.29, 1.82) is 0 Å². The summed E-state index contributed by atoms with van der Waals surface area (Å²) in [6.07, 6.45) is 0.474. The van der Waals surface area contributed by atoms with E-state index >= 15 is 0 Å². The highest BCUT2D eigenvalue weighted by Crippen LogP contribution is 2.20. The monoisotopic (exact) mass is 178 g/mol. The molecule has 0 aliphatic rings. The van der Waals surface area contributed by atoms with Crippen LogP contribution < -0.4 is 0 Å². The van der Waals surface area contributed by atoms with E-state index < -0.39 is 0 Å². The van der Waals surface area contributed by atoms with Crippen LogP contribution in [0.2, 0.25) is 0 Å². The van der Waals surface area contributed by atoms with Crippen LogP contribution in [-0.4, -0.2) is 5.11 Å². The van der Waals surface area contributed by atoms with Gasteiger partial charge in [0.05, 0.1) is 6.10 Å². The maximum absolute atomic E-state index is 9.56. The average Bonchev–Trinajstić information content (AvgIpc) is 2.17. The van der Waals surface area contributed by atoms with Crippen LogP contribution in [0.25, 0.3) is 0 Å². The van der Waals surface area contributed by atoms with E-state index in [4.69, 9.17) is 0 Å². The molecule has 0 spiro atoms. The quantitative estimate of drug-likeness (QED) is 0.753. The molecule has 0 aliphatic heterocycles. The Bertz CT molecular complexity index is 248. The molecule has 0 saturated carbocycles. The number of rotatable bonds is 3. The van der Waals surface area contributed by atoms with E-state index in [1.54, 1.807) is 0 Å². The number of aliphatic hydroxyl groups excluding tert-OH is 1. The molecule has 1 nitrogen and oxygen atoms in total. The zero-order chi connectivity index (χ0) is 9.84. The zero-order valence-electron chi connectivity index (χ0n) is 8.62. The molecule has 0 heterocycles. The molecule has 0 radical (unpaired) electrons. The second-order valence-electron chi connectivity index (χ2n) is 3.75. The van der Waals surface area contributed by atoms with E-state index in [2.05, 4.69) is 26.0 Å². The summed E-state index contributed by atoms with van der Waals surface area (Å²) in [4.78, 5) is 0. The largest absolute Gasteiger partial charge is 0.388 e. The van der Waals surface area contributed by atoms with Gasteiger partial charge in [-0.15, -0.1) is 0 Å². The molecular formula is C12H18O. The summed E-state index contributed by atoms with van der Waals surface area (Å²) in [5.74, 6) is 0.563. The molecule has 0 fully saturated rings. The fourth-order valence-corrected chi connectivity index (χ4v) is 1.34. The molecule has 1 aromatic rings. The van der Waals surface area contributed by atoms with Crippen molar-refractivity contribution in [2.45, 2.75) is 39.2 Å². The van der Waals surface area contributed by atoms with Crippen LogP contribution in [0, 0.1) is 0 Å². The van der Waals surface area contributed by atoms with Gasteiger partial charge in [0, 0.05) is 0 Å². The third kappa shape index (κ3) is 2.56. The summed E-state index contributed by atoms with van der Waals surface area (Å²) in [5.41, 5.74) is 2.35. The molecular weight excluding hydrogens is 160 g/mol. The van der Waals surface area contributed by atoms with Crippen molar-refractivity contribution in [1.82, 2.24) is 0 Å². The van der Waals surface area contributed by atoms with Gasteiger partial charge >= 0.3 is 0 Å².